The summed E-state index contributed by atoms with van der Waals surface area (Å²) in [6.07, 6.45) is 3.13. The van der Waals surface area contributed by atoms with Gasteiger partial charge in [-0.1, -0.05) is 13.0 Å². The molecule has 1 N–H and O–H groups in total. The Morgan fingerprint density at radius 2 is 2.26 bits per heavy atom. The van der Waals surface area contributed by atoms with Crippen LogP contribution in [-0.4, -0.2) is 23.0 Å². The van der Waals surface area contributed by atoms with Crippen LogP contribution in [0.1, 0.15) is 42.1 Å². The zero-order chi connectivity index (χ0) is 13.8. The molecule has 1 amide bonds. The van der Waals surface area contributed by atoms with E-state index in [1.807, 2.05) is 18.7 Å². The van der Waals surface area contributed by atoms with Crippen molar-refractivity contribution in [3.63, 3.8) is 0 Å². The van der Waals surface area contributed by atoms with E-state index in [1.54, 1.807) is 12.1 Å². The van der Waals surface area contributed by atoms with E-state index in [-0.39, 0.29) is 17.5 Å². The van der Waals surface area contributed by atoms with E-state index in [9.17, 15) is 9.18 Å². The number of benzene rings is 1. The van der Waals surface area contributed by atoms with Crippen LogP contribution in [0.2, 0.25) is 0 Å². The molecule has 0 aromatic heterocycles. The number of nitrogens with one attached hydrogen (secondary N) is 1. The largest absolute Gasteiger partial charge is 0.349 e. The average Bonchev–Trinajstić information content (AvgIpc) is 2.76. The van der Waals surface area contributed by atoms with Crippen LogP contribution in [0.3, 0.4) is 0 Å². The Morgan fingerprint density at radius 3 is 2.95 bits per heavy atom. The monoisotopic (exact) mass is 281 g/mol. The van der Waals surface area contributed by atoms with E-state index in [0.29, 0.717) is 5.25 Å². The molecule has 2 unspecified atom stereocenters. The number of halogens is 1. The molecule has 104 valence electrons. The van der Waals surface area contributed by atoms with Gasteiger partial charge in [-0.15, -0.1) is 0 Å². The molecule has 0 heterocycles. The van der Waals surface area contributed by atoms with Crippen LogP contribution in [0.4, 0.5) is 4.39 Å². The van der Waals surface area contributed by atoms with Gasteiger partial charge >= 0.3 is 0 Å². The molecule has 0 radical (unpaired) electrons. The maximum atomic E-state index is 13.7. The molecule has 0 spiro atoms. The lowest BCUT2D eigenvalue weighted by atomic mass is 10.1. The van der Waals surface area contributed by atoms with Crippen molar-refractivity contribution in [2.75, 3.05) is 5.75 Å². The van der Waals surface area contributed by atoms with Gasteiger partial charge in [-0.3, -0.25) is 4.79 Å². The highest BCUT2D eigenvalue weighted by Gasteiger charge is 2.26. The molecule has 0 saturated heterocycles. The van der Waals surface area contributed by atoms with Crippen molar-refractivity contribution in [1.29, 1.82) is 0 Å². The minimum Gasteiger partial charge on any atom is -0.349 e. The second-order valence-electron chi connectivity index (χ2n) is 5.04. The first-order valence-electron chi connectivity index (χ1n) is 6.78. The topological polar surface area (TPSA) is 29.1 Å². The predicted octanol–water partition coefficient (Wildman–Crippen LogP) is 3.54. The summed E-state index contributed by atoms with van der Waals surface area (Å²) >= 11 is 1.95. The summed E-state index contributed by atoms with van der Waals surface area (Å²) in [5.41, 5.74) is 0.978. The van der Waals surface area contributed by atoms with Crippen LogP contribution in [0.5, 0.6) is 0 Å². The van der Waals surface area contributed by atoms with E-state index in [4.69, 9.17) is 0 Å². The van der Waals surface area contributed by atoms with E-state index in [0.717, 1.165) is 30.6 Å². The Bertz CT molecular complexity index is 463. The molecule has 1 saturated carbocycles. The first-order valence-corrected chi connectivity index (χ1v) is 7.83. The molecule has 2 atom stereocenters. The lowest BCUT2D eigenvalue weighted by Gasteiger charge is -2.13. The Labute approximate surface area is 118 Å². The van der Waals surface area contributed by atoms with Crippen molar-refractivity contribution in [2.24, 2.45) is 0 Å². The number of thioether (sulfide) groups is 1. The summed E-state index contributed by atoms with van der Waals surface area (Å²) in [4.78, 5) is 12.0. The maximum absolute atomic E-state index is 13.7. The number of hydrogen-bond donors (Lipinski definition) is 1. The third-order valence-corrected chi connectivity index (χ3v) is 4.72. The van der Waals surface area contributed by atoms with Gasteiger partial charge in [0, 0.05) is 11.3 Å². The summed E-state index contributed by atoms with van der Waals surface area (Å²) in [6.45, 7) is 3.96. The van der Waals surface area contributed by atoms with Crippen LogP contribution >= 0.6 is 11.8 Å². The molecule has 4 heteroatoms. The molecule has 1 aromatic rings. The second kappa shape index (κ2) is 6.42. The van der Waals surface area contributed by atoms with Crippen molar-refractivity contribution in [3.05, 3.63) is 35.1 Å². The van der Waals surface area contributed by atoms with Crippen molar-refractivity contribution >= 4 is 17.7 Å². The maximum Gasteiger partial charge on any atom is 0.254 e. The first-order chi connectivity index (χ1) is 9.10. The highest BCUT2D eigenvalue weighted by Crippen LogP contribution is 2.29. The summed E-state index contributed by atoms with van der Waals surface area (Å²) in [7, 11) is 0. The molecule has 19 heavy (non-hydrogen) atoms. The van der Waals surface area contributed by atoms with Gasteiger partial charge in [0.05, 0.1) is 5.56 Å². The van der Waals surface area contributed by atoms with E-state index in [2.05, 4.69) is 12.2 Å². The van der Waals surface area contributed by atoms with Gasteiger partial charge in [-0.25, -0.2) is 4.39 Å². The lowest BCUT2D eigenvalue weighted by molar-refractivity contribution is 0.0934. The zero-order valence-corrected chi connectivity index (χ0v) is 12.2. The van der Waals surface area contributed by atoms with Crippen molar-refractivity contribution in [2.45, 2.75) is 44.4 Å². The third-order valence-electron chi connectivity index (χ3n) is 3.49. The van der Waals surface area contributed by atoms with Crippen molar-refractivity contribution < 1.29 is 9.18 Å². The smallest absolute Gasteiger partial charge is 0.254 e. The normalized spacial score (nSPS) is 22.5. The highest BCUT2D eigenvalue weighted by atomic mass is 32.2. The fourth-order valence-corrected chi connectivity index (χ4v) is 3.67. The molecular weight excluding hydrogens is 261 g/mol. The van der Waals surface area contributed by atoms with Crippen LogP contribution in [0.25, 0.3) is 0 Å². The fraction of sp³-hybridized carbons (Fsp3) is 0.533. The molecule has 1 aliphatic carbocycles. The van der Waals surface area contributed by atoms with E-state index >= 15 is 0 Å². The number of amides is 1. The van der Waals surface area contributed by atoms with Crippen LogP contribution < -0.4 is 5.32 Å². The Hall–Kier alpha value is -1.03. The summed E-state index contributed by atoms with van der Waals surface area (Å²) in [5.74, 6) is 0.386. The van der Waals surface area contributed by atoms with Crippen molar-refractivity contribution in [3.8, 4) is 0 Å². The Balaban J connectivity index is 1.94. The number of hydrogen-bond acceptors (Lipinski definition) is 2. The molecule has 1 fully saturated rings. The minimum atomic E-state index is -0.435. The van der Waals surface area contributed by atoms with Gasteiger partial charge in [0.1, 0.15) is 5.82 Å². The quantitative estimate of drug-likeness (QED) is 0.914. The third kappa shape index (κ3) is 3.72. The summed E-state index contributed by atoms with van der Waals surface area (Å²) < 4.78 is 13.7. The molecule has 2 rings (SSSR count). The fourth-order valence-electron chi connectivity index (χ4n) is 2.53. The molecule has 0 bridgehead atoms. The number of rotatable bonds is 4. The highest BCUT2D eigenvalue weighted by molar-refractivity contribution is 7.99. The van der Waals surface area contributed by atoms with Gasteiger partial charge in [0.15, 0.2) is 0 Å². The zero-order valence-electron chi connectivity index (χ0n) is 11.4. The lowest BCUT2D eigenvalue weighted by Crippen LogP contribution is -2.33. The van der Waals surface area contributed by atoms with E-state index < -0.39 is 5.82 Å². The van der Waals surface area contributed by atoms with Gasteiger partial charge in [-0.2, -0.15) is 11.8 Å². The van der Waals surface area contributed by atoms with Gasteiger partial charge < -0.3 is 5.32 Å². The standard InChI is InChI=1S/C15H20FNOS/c1-3-19-12-6-5-11(9-12)17-15(18)13-7-4-10(2)8-14(13)16/h4,7-8,11-12H,3,5-6,9H2,1-2H3,(H,17,18). The van der Waals surface area contributed by atoms with Crippen LogP contribution in [-0.2, 0) is 0 Å². The minimum absolute atomic E-state index is 0.150. The Kier molecular flexibility index (Phi) is 4.86. The molecule has 1 aliphatic rings. The number of carbonyl (C=O) groups excluding carboxylic acids is 1. The van der Waals surface area contributed by atoms with Gasteiger partial charge in [-0.05, 0) is 49.6 Å². The van der Waals surface area contributed by atoms with E-state index in [1.165, 1.54) is 6.07 Å². The SMILES string of the molecule is CCSC1CCC(NC(=O)c2ccc(C)cc2F)C1. The molecule has 0 aliphatic heterocycles. The average molecular weight is 281 g/mol. The summed E-state index contributed by atoms with van der Waals surface area (Å²) in [6, 6.07) is 4.92. The molecule has 2 nitrogen and oxygen atoms in total. The van der Waals surface area contributed by atoms with Crippen molar-refractivity contribution in [1.82, 2.24) is 5.32 Å². The first kappa shape index (κ1) is 14.4. The number of aryl methyl sites for hydroxylation is 1. The van der Waals surface area contributed by atoms with Crippen LogP contribution in [0.15, 0.2) is 18.2 Å². The van der Waals surface area contributed by atoms with Gasteiger partial charge in [0.2, 0.25) is 0 Å². The molecular formula is C15H20FNOS. The predicted molar refractivity (Wildman–Crippen MR) is 78.2 cm³/mol. The second-order valence-corrected chi connectivity index (χ2v) is 6.62. The number of carbonyl (C=O) groups is 1. The summed E-state index contributed by atoms with van der Waals surface area (Å²) in [5, 5.41) is 3.59. The Morgan fingerprint density at radius 1 is 1.47 bits per heavy atom. The molecule has 1 aromatic carbocycles. The van der Waals surface area contributed by atoms with Gasteiger partial charge in [0.25, 0.3) is 5.91 Å². The van der Waals surface area contributed by atoms with Crippen LogP contribution in [0, 0.1) is 12.7 Å².